The lowest BCUT2D eigenvalue weighted by Gasteiger charge is -2.11. The number of nitrogens with zero attached hydrogens (tertiary/aromatic N) is 3. The third-order valence-corrected chi connectivity index (χ3v) is 3.29. The van der Waals surface area contributed by atoms with Crippen LogP contribution in [0, 0.1) is 5.92 Å². The highest BCUT2D eigenvalue weighted by Crippen LogP contribution is 2.14. The molecule has 0 unspecified atom stereocenters. The maximum absolute atomic E-state index is 5.95. The fourth-order valence-corrected chi connectivity index (χ4v) is 2.30. The molecule has 0 atom stereocenters. The van der Waals surface area contributed by atoms with Crippen molar-refractivity contribution in [2.75, 3.05) is 6.54 Å². The summed E-state index contributed by atoms with van der Waals surface area (Å²) in [5, 5.41) is 8.33. The zero-order chi connectivity index (χ0) is 15.2. The van der Waals surface area contributed by atoms with Crippen LogP contribution >= 0.6 is 11.6 Å². The van der Waals surface area contributed by atoms with Gasteiger partial charge in [-0.1, -0.05) is 38.8 Å². The first-order chi connectivity index (χ1) is 10.1. The number of hydrogen-bond donors (Lipinski definition) is 1. The van der Waals surface area contributed by atoms with Gasteiger partial charge in [0.1, 0.15) is 0 Å². The zero-order valence-corrected chi connectivity index (χ0v) is 13.7. The average Bonchev–Trinajstić information content (AvgIpc) is 2.85. The molecule has 0 aliphatic rings. The molecular formula is C16H23ClN4. The smallest absolute Gasteiger partial charge is 0.153 e. The maximum atomic E-state index is 5.95. The summed E-state index contributed by atoms with van der Waals surface area (Å²) < 4.78 is 1.73. The summed E-state index contributed by atoms with van der Waals surface area (Å²) in [6.45, 7) is 8.43. The quantitative estimate of drug-likeness (QED) is 0.849. The van der Waals surface area contributed by atoms with E-state index in [-0.39, 0.29) is 0 Å². The summed E-state index contributed by atoms with van der Waals surface area (Å²) in [6.07, 6.45) is 5.46. The molecule has 4 nitrogen and oxygen atoms in total. The number of hydrogen-bond acceptors (Lipinski definition) is 3. The van der Waals surface area contributed by atoms with Gasteiger partial charge in [0, 0.05) is 12.2 Å². The molecule has 21 heavy (non-hydrogen) atoms. The van der Waals surface area contributed by atoms with E-state index < -0.39 is 0 Å². The molecule has 5 heteroatoms. The highest BCUT2D eigenvalue weighted by molar-refractivity contribution is 6.30. The molecule has 0 bridgehead atoms. The summed E-state index contributed by atoms with van der Waals surface area (Å²) in [5.41, 5.74) is 2.33. The summed E-state index contributed by atoms with van der Waals surface area (Å²) in [5.74, 6) is 1.47. The summed E-state index contributed by atoms with van der Waals surface area (Å²) in [7, 11) is 0. The van der Waals surface area contributed by atoms with Crippen molar-refractivity contribution in [2.24, 2.45) is 5.92 Å². The van der Waals surface area contributed by atoms with Gasteiger partial charge in [0.15, 0.2) is 5.82 Å². The normalized spacial score (nSPS) is 11.3. The first kappa shape index (κ1) is 16.0. The Bertz CT molecular complexity index is 577. The first-order valence-corrected chi connectivity index (χ1v) is 7.87. The highest BCUT2D eigenvalue weighted by Gasteiger charge is 2.06. The second kappa shape index (κ2) is 7.57. The largest absolute Gasteiger partial charge is 0.312 e. The van der Waals surface area contributed by atoms with Crippen molar-refractivity contribution in [1.82, 2.24) is 20.1 Å². The molecule has 0 radical (unpaired) electrons. The second-order valence-electron chi connectivity index (χ2n) is 5.70. The molecule has 0 saturated heterocycles. The van der Waals surface area contributed by atoms with Crippen molar-refractivity contribution in [2.45, 2.75) is 40.2 Å². The van der Waals surface area contributed by atoms with Crippen molar-refractivity contribution < 1.29 is 0 Å². The Balaban J connectivity index is 2.21. The van der Waals surface area contributed by atoms with E-state index >= 15 is 0 Å². The molecule has 0 aromatic carbocycles. The predicted octanol–water partition coefficient (Wildman–Crippen LogP) is 3.62. The van der Waals surface area contributed by atoms with Gasteiger partial charge in [0.2, 0.25) is 0 Å². The van der Waals surface area contributed by atoms with Crippen LogP contribution in [0.1, 0.15) is 38.4 Å². The number of halogens is 1. The van der Waals surface area contributed by atoms with Gasteiger partial charge in [-0.3, -0.25) is 0 Å². The zero-order valence-electron chi connectivity index (χ0n) is 12.9. The summed E-state index contributed by atoms with van der Waals surface area (Å²) in [6, 6.07) is 4.24. The van der Waals surface area contributed by atoms with Crippen LogP contribution in [0.5, 0.6) is 0 Å². The molecule has 0 aliphatic carbocycles. The molecule has 0 saturated carbocycles. The Kier molecular flexibility index (Phi) is 5.76. The van der Waals surface area contributed by atoms with Crippen LogP contribution < -0.4 is 5.32 Å². The van der Waals surface area contributed by atoms with Gasteiger partial charge in [-0.05, 0) is 36.6 Å². The first-order valence-electron chi connectivity index (χ1n) is 7.49. The van der Waals surface area contributed by atoms with E-state index in [9.17, 15) is 0 Å². The fourth-order valence-electron chi connectivity index (χ4n) is 2.17. The molecule has 0 fully saturated rings. The van der Waals surface area contributed by atoms with Gasteiger partial charge in [0.25, 0.3) is 0 Å². The minimum Gasteiger partial charge on any atom is -0.312 e. The average molecular weight is 307 g/mol. The van der Waals surface area contributed by atoms with Gasteiger partial charge in [0.05, 0.1) is 17.4 Å². The van der Waals surface area contributed by atoms with Crippen LogP contribution in [0.4, 0.5) is 0 Å². The molecule has 2 rings (SSSR count). The van der Waals surface area contributed by atoms with Crippen molar-refractivity contribution in [3.63, 3.8) is 0 Å². The van der Waals surface area contributed by atoms with Gasteiger partial charge in [-0.2, -0.15) is 5.10 Å². The minimum atomic E-state index is 0.622. The Morgan fingerprint density at radius 2 is 2.14 bits per heavy atom. The van der Waals surface area contributed by atoms with Crippen LogP contribution in [0.2, 0.25) is 5.02 Å². The summed E-state index contributed by atoms with van der Waals surface area (Å²) >= 11 is 5.95. The molecular weight excluding hydrogens is 284 g/mol. The summed E-state index contributed by atoms with van der Waals surface area (Å²) in [4.78, 5) is 4.66. The molecule has 2 aromatic heterocycles. The number of aryl methyl sites for hydroxylation is 1. The van der Waals surface area contributed by atoms with Crippen molar-refractivity contribution in [1.29, 1.82) is 0 Å². The van der Waals surface area contributed by atoms with Crippen LogP contribution in [-0.2, 0) is 13.0 Å². The molecule has 0 aliphatic heterocycles. The van der Waals surface area contributed by atoms with E-state index in [1.54, 1.807) is 17.1 Å². The van der Waals surface area contributed by atoms with Crippen LogP contribution in [0.25, 0.3) is 5.82 Å². The lowest BCUT2D eigenvalue weighted by Crippen LogP contribution is -2.19. The Morgan fingerprint density at radius 3 is 2.76 bits per heavy atom. The second-order valence-corrected chi connectivity index (χ2v) is 6.14. The van der Waals surface area contributed by atoms with Crippen LogP contribution in [-0.4, -0.2) is 21.3 Å². The van der Waals surface area contributed by atoms with E-state index in [0.29, 0.717) is 10.9 Å². The van der Waals surface area contributed by atoms with Gasteiger partial charge >= 0.3 is 0 Å². The lowest BCUT2D eigenvalue weighted by molar-refractivity contribution is 0.551. The van der Waals surface area contributed by atoms with Crippen molar-refractivity contribution >= 4 is 11.6 Å². The molecule has 0 spiro atoms. The number of rotatable bonds is 7. The Hall–Kier alpha value is -1.39. The lowest BCUT2D eigenvalue weighted by atomic mass is 10.1. The molecule has 0 amide bonds. The third kappa shape index (κ3) is 4.83. The standard InChI is InChI=1S/C16H23ClN4/c1-4-5-15-6-13(9-18-8-12(2)3)7-16(20-15)21-11-14(17)10-19-21/h6-7,10-12,18H,4-5,8-9H2,1-3H3. The van der Waals surface area contributed by atoms with Gasteiger partial charge < -0.3 is 5.32 Å². The maximum Gasteiger partial charge on any atom is 0.153 e. The molecule has 2 heterocycles. The fraction of sp³-hybridized carbons (Fsp3) is 0.500. The SMILES string of the molecule is CCCc1cc(CNCC(C)C)cc(-n2cc(Cl)cn2)n1. The third-order valence-electron chi connectivity index (χ3n) is 3.10. The monoisotopic (exact) mass is 306 g/mol. The van der Waals surface area contributed by atoms with E-state index in [0.717, 1.165) is 37.4 Å². The number of pyridine rings is 1. The van der Waals surface area contributed by atoms with E-state index in [1.807, 2.05) is 0 Å². The molecule has 2 aromatic rings. The van der Waals surface area contributed by atoms with E-state index in [4.69, 9.17) is 11.6 Å². The van der Waals surface area contributed by atoms with Gasteiger partial charge in [-0.15, -0.1) is 0 Å². The molecule has 1 N–H and O–H groups in total. The van der Waals surface area contributed by atoms with Crippen molar-refractivity contribution in [3.8, 4) is 5.82 Å². The molecule has 114 valence electrons. The Morgan fingerprint density at radius 1 is 1.33 bits per heavy atom. The van der Waals surface area contributed by atoms with E-state index in [1.165, 1.54) is 5.56 Å². The Labute approximate surface area is 131 Å². The predicted molar refractivity (Wildman–Crippen MR) is 86.9 cm³/mol. The highest BCUT2D eigenvalue weighted by atomic mass is 35.5. The number of aromatic nitrogens is 3. The topological polar surface area (TPSA) is 42.7 Å². The van der Waals surface area contributed by atoms with E-state index in [2.05, 4.69) is 48.3 Å². The minimum absolute atomic E-state index is 0.622. The van der Waals surface area contributed by atoms with Crippen LogP contribution in [0.15, 0.2) is 24.5 Å². The van der Waals surface area contributed by atoms with Crippen molar-refractivity contribution in [3.05, 3.63) is 40.8 Å². The van der Waals surface area contributed by atoms with Crippen LogP contribution in [0.3, 0.4) is 0 Å². The number of nitrogens with one attached hydrogen (secondary N) is 1. The van der Waals surface area contributed by atoms with Gasteiger partial charge in [-0.25, -0.2) is 9.67 Å².